The number of amides is 4. The Labute approximate surface area is 201 Å². The Balaban J connectivity index is 1.24. The summed E-state index contributed by atoms with van der Waals surface area (Å²) in [5.74, 6) is -0.583. The van der Waals surface area contributed by atoms with Gasteiger partial charge in [0.2, 0.25) is 0 Å². The molecule has 0 spiro atoms. The lowest BCUT2D eigenvalue weighted by Crippen LogP contribution is -2.51. The van der Waals surface area contributed by atoms with Gasteiger partial charge in [-0.15, -0.1) is 11.3 Å². The van der Waals surface area contributed by atoms with Crippen LogP contribution in [0.1, 0.15) is 42.7 Å². The Morgan fingerprint density at radius 1 is 1.18 bits per heavy atom. The maximum atomic E-state index is 13.2. The summed E-state index contributed by atoms with van der Waals surface area (Å²) in [4.78, 5) is 45.6. The Kier molecular flexibility index (Phi) is 6.05. The predicted molar refractivity (Wildman–Crippen MR) is 130 cm³/mol. The number of hydrogen-bond donors (Lipinski definition) is 2. The molecule has 5 rings (SSSR count). The third kappa shape index (κ3) is 4.05. The van der Waals surface area contributed by atoms with Crippen molar-refractivity contribution in [2.45, 2.75) is 37.6 Å². The minimum Gasteiger partial charge on any atom is -0.318 e. The second-order valence-electron chi connectivity index (χ2n) is 8.82. The van der Waals surface area contributed by atoms with E-state index in [-0.39, 0.29) is 18.4 Å². The molecule has 9 heteroatoms. The summed E-state index contributed by atoms with van der Waals surface area (Å²) in [6.07, 6.45) is 2.37. The first-order chi connectivity index (χ1) is 16.5. The second kappa shape index (κ2) is 9.15. The van der Waals surface area contributed by atoms with E-state index in [1.54, 1.807) is 11.3 Å². The van der Waals surface area contributed by atoms with Crippen molar-refractivity contribution in [3.63, 3.8) is 0 Å². The number of thiazole rings is 1. The Bertz CT molecular complexity index is 1200. The molecule has 0 aliphatic carbocycles. The predicted octanol–water partition coefficient (Wildman–Crippen LogP) is 3.36. The summed E-state index contributed by atoms with van der Waals surface area (Å²) < 4.78 is 1.17. The van der Waals surface area contributed by atoms with E-state index < -0.39 is 17.5 Å². The number of carbonyl (C=O) groups excluding carboxylic acids is 3. The van der Waals surface area contributed by atoms with Crippen LogP contribution in [0.3, 0.4) is 0 Å². The van der Waals surface area contributed by atoms with Crippen molar-refractivity contribution in [1.29, 1.82) is 0 Å². The molecule has 3 heterocycles. The monoisotopic (exact) mass is 477 g/mol. The van der Waals surface area contributed by atoms with E-state index in [0.717, 1.165) is 41.5 Å². The number of hydrazine groups is 1. The number of nitrogens with zero attached hydrogens (tertiary/aromatic N) is 3. The summed E-state index contributed by atoms with van der Waals surface area (Å²) >= 11 is 1.71. The van der Waals surface area contributed by atoms with Crippen molar-refractivity contribution >= 4 is 39.4 Å². The van der Waals surface area contributed by atoms with E-state index in [0.29, 0.717) is 12.0 Å². The molecular formula is C25H27N5O3S. The van der Waals surface area contributed by atoms with E-state index in [9.17, 15) is 14.4 Å². The van der Waals surface area contributed by atoms with Crippen LogP contribution in [0.5, 0.6) is 0 Å². The highest BCUT2D eigenvalue weighted by Crippen LogP contribution is 2.33. The number of fused-ring (bicyclic) bond motifs is 1. The lowest BCUT2D eigenvalue weighted by Gasteiger charge is -2.31. The van der Waals surface area contributed by atoms with Crippen LogP contribution in [0.15, 0.2) is 54.6 Å². The molecule has 2 saturated heterocycles. The highest BCUT2D eigenvalue weighted by atomic mass is 32.1. The molecule has 3 aromatic rings. The SMILES string of the molecule is CC[C@]1(c2ccccc2)NC(=O)N(NC(=O)CN2CCC[C@@H](c3nc4ccccc4s3)C2)C1=O. The molecule has 2 aliphatic heterocycles. The molecule has 2 N–H and O–H groups in total. The van der Waals surface area contributed by atoms with Crippen LogP contribution in [0.2, 0.25) is 0 Å². The van der Waals surface area contributed by atoms with Gasteiger partial charge in [-0.05, 0) is 43.5 Å². The van der Waals surface area contributed by atoms with Gasteiger partial charge in [0.15, 0.2) is 0 Å². The number of rotatable bonds is 6. The van der Waals surface area contributed by atoms with Crippen molar-refractivity contribution in [2.24, 2.45) is 0 Å². The number of aromatic nitrogens is 1. The maximum Gasteiger partial charge on any atom is 0.344 e. The zero-order valence-corrected chi connectivity index (χ0v) is 19.8. The van der Waals surface area contributed by atoms with Crippen LogP contribution in [0, 0.1) is 0 Å². The van der Waals surface area contributed by atoms with Gasteiger partial charge in [-0.1, -0.05) is 49.4 Å². The molecule has 2 fully saturated rings. The molecule has 4 amide bonds. The number of benzene rings is 2. The summed E-state index contributed by atoms with van der Waals surface area (Å²) in [5.41, 5.74) is 3.07. The Hall–Kier alpha value is -3.30. The smallest absolute Gasteiger partial charge is 0.318 e. The topological polar surface area (TPSA) is 94.6 Å². The number of likely N-dealkylation sites (tertiary alicyclic amines) is 1. The average molecular weight is 478 g/mol. The lowest BCUT2D eigenvalue weighted by molar-refractivity contribution is -0.140. The van der Waals surface area contributed by atoms with Crippen LogP contribution in [-0.2, 0) is 15.1 Å². The highest BCUT2D eigenvalue weighted by Gasteiger charge is 2.52. The van der Waals surface area contributed by atoms with Crippen LogP contribution in [0.4, 0.5) is 4.79 Å². The summed E-state index contributed by atoms with van der Waals surface area (Å²) in [6.45, 7) is 3.46. The summed E-state index contributed by atoms with van der Waals surface area (Å²) in [6, 6.07) is 16.6. The van der Waals surface area contributed by atoms with Crippen molar-refractivity contribution < 1.29 is 14.4 Å². The minimum atomic E-state index is -1.17. The summed E-state index contributed by atoms with van der Waals surface area (Å²) in [5, 5.41) is 4.71. The van der Waals surface area contributed by atoms with Gasteiger partial charge in [0.05, 0.1) is 21.8 Å². The maximum absolute atomic E-state index is 13.2. The van der Waals surface area contributed by atoms with E-state index in [4.69, 9.17) is 4.98 Å². The molecule has 0 radical (unpaired) electrons. The number of hydrogen-bond acceptors (Lipinski definition) is 6. The zero-order valence-electron chi connectivity index (χ0n) is 19.0. The number of para-hydroxylation sites is 1. The molecule has 2 aliphatic rings. The van der Waals surface area contributed by atoms with Gasteiger partial charge in [-0.25, -0.2) is 9.78 Å². The molecule has 1 aromatic heterocycles. The molecular weight excluding hydrogens is 450 g/mol. The van der Waals surface area contributed by atoms with Gasteiger partial charge in [0.25, 0.3) is 11.8 Å². The first-order valence-electron chi connectivity index (χ1n) is 11.6. The molecule has 176 valence electrons. The fourth-order valence-corrected chi connectivity index (χ4v) is 5.96. The third-order valence-corrected chi connectivity index (χ3v) is 7.86. The second-order valence-corrected chi connectivity index (χ2v) is 9.89. The first kappa shape index (κ1) is 22.5. The van der Waals surface area contributed by atoms with Gasteiger partial charge >= 0.3 is 6.03 Å². The van der Waals surface area contributed by atoms with E-state index in [1.165, 1.54) is 4.70 Å². The van der Waals surface area contributed by atoms with Crippen molar-refractivity contribution in [3.8, 4) is 0 Å². The molecule has 8 nitrogen and oxygen atoms in total. The minimum absolute atomic E-state index is 0.114. The van der Waals surface area contributed by atoms with E-state index in [1.807, 2.05) is 55.5 Å². The number of carbonyl (C=O) groups is 3. The van der Waals surface area contributed by atoms with E-state index in [2.05, 4.69) is 21.7 Å². The average Bonchev–Trinajstić information content (AvgIpc) is 3.40. The molecule has 0 bridgehead atoms. The van der Waals surface area contributed by atoms with Gasteiger partial charge in [-0.2, -0.15) is 5.01 Å². The number of piperidine rings is 1. The van der Waals surface area contributed by atoms with Gasteiger partial charge in [-0.3, -0.25) is 19.9 Å². The molecule has 2 atom stereocenters. The fraction of sp³-hybridized carbons (Fsp3) is 0.360. The number of urea groups is 1. The number of imide groups is 1. The standard InChI is InChI=1S/C25H27N5O3S/c1-2-25(18-10-4-3-5-11-18)23(32)30(24(33)27-25)28-21(31)16-29-14-8-9-17(15-29)22-26-19-12-6-7-13-20(19)34-22/h3-7,10-13,17H,2,8-9,14-16H2,1H3,(H,27,33)(H,28,31)/t17-,25-/m1/s1. The van der Waals surface area contributed by atoms with Gasteiger partial charge in [0.1, 0.15) is 5.54 Å². The van der Waals surface area contributed by atoms with Crippen molar-refractivity contribution in [3.05, 3.63) is 65.2 Å². The molecule has 34 heavy (non-hydrogen) atoms. The highest BCUT2D eigenvalue weighted by molar-refractivity contribution is 7.18. The molecule has 2 aromatic carbocycles. The van der Waals surface area contributed by atoms with Gasteiger partial charge in [0, 0.05) is 12.5 Å². The van der Waals surface area contributed by atoms with Crippen molar-refractivity contribution in [1.82, 2.24) is 25.6 Å². The Morgan fingerprint density at radius 3 is 2.71 bits per heavy atom. The van der Waals surface area contributed by atoms with E-state index >= 15 is 0 Å². The first-order valence-corrected chi connectivity index (χ1v) is 12.4. The molecule has 0 saturated carbocycles. The lowest BCUT2D eigenvalue weighted by atomic mass is 9.87. The van der Waals surface area contributed by atoms with Crippen LogP contribution in [0.25, 0.3) is 10.2 Å². The van der Waals surface area contributed by atoms with Crippen LogP contribution < -0.4 is 10.7 Å². The van der Waals surface area contributed by atoms with Gasteiger partial charge < -0.3 is 5.32 Å². The quantitative estimate of drug-likeness (QED) is 0.531. The number of nitrogens with one attached hydrogen (secondary N) is 2. The third-order valence-electron chi connectivity index (χ3n) is 6.66. The van der Waals surface area contributed by atoms with Crippen LogP contribution in [-0.4, -0.2) is 52.4 Å². The Morgan fingerprint density at radius 2 is 1.94 bits per heavy atom. The summed E-state index contributed by atoms with van der Waals surface area (Å²) in [7, 11) is 0. The fourth-order valence-electron chi connectivity index (χ4n) is 4.87. The zero-order chi connectivity index (χ0) is 23.7. The normalized spacial score (nSPS) is 23.3. The molecule has 0 unspecified atom stereocenters. The van der Waals surface area contributed by atoms with Crippen LogP contribution >= 0.6 is 11.3 Å². The van der Waals surface area contributed by atoms with Crippen molar-refractivity contribution in [2.75, 3.05) is 19.6 Å². The largest absolute Gasteiger partial charge is 0.344 e.